The smallest absolute Gasteiger partial charge is 0.196 e. The zero-order valence-corrected chi connectivity index (χ0v) is 13.2. The summed E-state index contributed by atoms with van der Waals surface area (Å²) in [4.78, 5) is 15.7. The first-order valence-corrected chi connectivity index (χ1v) is 7.38. The number of hydrogen-bond donors (Lipinski definition) is 1. The van der Waals surface area contributed by atoms with Gasteiger partial charge in [-0.05, 0) is 24.3 Å². The molecule has 3 aromatic rings. The molecule has 3 rings (SSSR count). The van der Waals surface area contributed by atoms with Gasteiger partial charge in [-0.15, -0.1) is 0 Å². The highest BCUT2D eigenvalue weighted by Gasteiger charge is 2.18. The van der Waals surface area contributed by atoms with Crippen LogP contribution in [0, 0.1) is 0 Å². The van der Waals surface area contributed by atoms with Crippen molar-refractivity contribution in [3.05, 3.63) is 68.2 Å². The van der Waals surface area contributed by atoms with E-state index in [0.29, 0.717) is 16.1 Å². The van der Waals surface area contributed by atoms with E-state index >= 15 is 0 Å². The summed E-state index contributed by atoms with van der Waals surface area (Å²) in [6.45, 7) is 0. The minimum absolute atomic E-state index is 0.147. The molecule has 0 fully saturated rings. The van der Waals surface area contributed by atoms with Gasteiger partial charge in [0.05, 0.1) is 10.0 Å². The average Bonchev–Trinajstić information content (AvgIpc) is 2.84. The molecule has 2 nitrogen and oxygen atoms in total. The standard InChI is InChI=1S/C15H8BrCl2NO/c16-8-4-5-9-11(7-19-13(9)6-8)15(20)10-2-1-3-12(17)14(10)18/h1-7,19H. The Balaban J connectivity index is 2.16. The van der Waals surface area contributed by atoms with Gasteiger partial charge in [0, 0.05) is 32.7 Å². The van der Waals surface area contributed by atoms with Gasteiger partial charge in [0.1, 0.15) is 0 Å². The summed E-state index contributed by atoms with van der Waals surface area (Å²) >= 11 is 15.5. The van der Waals surface area contributed by atoms with E-state index in [0.717, 1.165) is 15.4 Å². The number of carbonyl (C=O) groups excluding carboxylic acids is 1. The van der Waals surface area contributed by atoms with Gasteiger partial charge < -0.3 is 4.98 Å². The normalized spacial score (nSPS) is 10.9. The van der Waals surface area contributed by atoms with Crippen molar-refractivity contribution >= 4 is 55.8 Å². The molecule has 2 aromatic carbocycles. The molecule has 1 heterocycles. The van der Waals surface area contributed by atoms with Gasteiger partial charge in [-0.1, -0.05) is 51.3 Å². The maximum Gasteiger partial charge on any atom is 0.196 e. The van der Waals surface area contributed by atoms with Crippen molar-refractivity contribution in [1.29, 1.82) is 0 Å². The van der Waals surface area contributed by atoms with Crippen molar-refractivity contribution in [3.63, 3.8) is 0 Å². The van der Waals surface area contributed by atoms with Crippen molar-refractivity contribution in [2.24, 2.45) is 0 Å². The maximum absolute atomic E-state index is 12.6. The highest BCUT2D eigenvalue weighted by Crippen LogP contribution is 2.30. The molecule has 0 saturated carbocycles. The second kappa shape index (κ2) is 5.24. The first-order chi connectivity index (χ1) is 9.58. The summed E-state index contributed by atoms with van der Waals surface area (Å²) in [6, 6.07) is 10.8. The number of halogens is 3. The molecule has 0 amide bonds. The van der Waals surface area contributed by atoms with Gasteiger partial charge in [0.2, 0.25) is 0 Å². The molecule has 0 unspecified atom stereocenters. The number of aromatic nitrogens is 1. The van der Waals surface area contributed by atoms with Crippen molar-refractivity contribution in [2.45, 2.75) is 0 Å². The molecular formula is C15H8BrCl2NO. The third-order valence-corrected chi connectivity index (χ3v) is 4.40. The van der Waals surface area contributed by atoms with E-state index in [1.807, 2.05) is 18.2 Å². The molecule has 0 bridgehead atoms. The highest BCUT2D eigenvalue weighted by atomic mass is 79.9. The third kappa shape index (κ3) is 2.26. The summed E-state index contributed by atoms with van der Waals surface area (Å²) in [6.07, 6.45) is 1.69. The Labute approximate surface area is 133 Å². The highest BCUT2D eigenvalue weighted by molar-refractivity contribution is 9.10. The fraction of sp³-hybridized carbons (Fsp3) is 0. The van der Waals surface area contributed by atoms with E-state index < -0.39 is 0 Å². The van der Waals surface area contributed by atoms with Crippen molar-refractivity contribution in [3.8, 4) is 0 Å². The Kier molecular flexibility index (Phi) is 3.59. The van der Waals surface area contributed by atoms with Crippen molar-refractivity contribution in [2.75, 3.05) is 0 Å². The quantitative estimate of drug-likeness (QED) is 0.598. The maximum atomic E-state index is 12.6. The predicted molar refractivity (Wildman–Crippen MR) is 85.9 cm³/mol. The lowest BCUT2D eigenvalue weighted by molar-refractivity contribution is 0.104. The van der Waals surface area contributed by atoms with Crippen molar-refractivity contribution < 1.29 is 4.79 Å². The minimum Gasteiger partial charge on any atom is -0.360 e. The SMILES string of the molecule is O=C(c1cccc(Cl)c1Cl)c1c[nH]c2cc(Br)ccc12. The Hall–Kier alpha value is -1.29. The largest absolute Gasteiger partial charge is 0.360 e. The molecule has 100 valence electrons. The number of benzene rings is 2. The summed E-state index contributed by atoms with van der Waals surface area (Å²) < 4.78 is 0.951. The van der Waals surface area contributed by atoms with E-state index in [-0.39, 0.29) is 10.8 Å². The molecule has 1 N–H and O–H groups in total. The molecule has 0 aliphatic carbocycles. The van der Waals surface area contributed by atoms with Crippen LogP contribution in [-0.2, 0) is 0 Å². The first kappa shape index (κ1) is 13.7. The van der Waals surface area contributed by atoms with Crippen LogP contribution in [0.1, 0.15) is 15.9 Å². The summed E-state index contributed by atoms with van der Waals surface area (Å²) in [5, 5.41) is 1.51. The van der Waals surface area contributed by atoms with E-state index in [9.17, 15) is 4.79 Å². The molecule has 1 aromatic heterocycles. The third-order valence-electron chi connectivity index (χ3n) is 3.08. The lowest BCUT2D eigenvalue weighted by atomic mass is 10.0. The van der Waals surface area contributed by atoms with Crippen molar-refractivity contribution in [1.82, 2.24) is 4.98 Å². The number of carbonyl (C=O) groups is 1. The second-order valence-electron chi connectivity index (χ2n) is 4.32. The number of nitrogens with one attached hydrogen (secondary N) is 1. The Bertz CT molecular complexity index is 826. The van der Waals surface area contributed by atoms with Gasteiger partial charge in [-0.3, -0.25) is 4.79 Å². The molecule has 0 spiro atoms. The van der Waals surface area contributed by atoms with Gasteiger partial charge >= 0.3 is 0 Å². The van der Waals surface area contributed by atoms with Crippen LogP contribution in [0.2, 0.25) is 10.0 Å². The summed E-state index contributed by atoms with van der Waals surface area (Å²) in [7, 11) is 0. The Morgan fingerprint density at radius 3 is 2.70 bits per heavy atom. The van der Waals surface area contributed by atoms with Crippen LogP contribution in [0.3, 0.4) is 0 Å². The first-order valence-electron chi connectivity index (χ1n) is 5.83. The van der Waals surface area contributed by atoms with Crippen LogP contribution in [-0.4, -0.2) is 10.8 Å². The van der Waals surface area contributed by atoms with Crippen LogP contribution in [0.5, 0.6) is 0 Å². The van der Waals surface area contributed by atoms with Gasteiger partial charge in [-0.2, -0.15) is 0 Å². The molecule has 0 aliphatic heterocycles. The van der Waals surface area contributed by atoms with Gasteiger partial charge in [0.25, 0.3) is 0 Å². The zero-order valence-electron chi connectivity index (χ0n) is 10.1. The number of fused-ring (bicyclic) bond motifs is 1. The van der Waals surface area contributed by atoms with E-state index in [4.69, 9.17) is 23.2 Å². The second-order valence-corrected chi connectivity index (χ2v) is 6.02. The fourth-order valence-corrected chi connectivity index (χ4v) is 2.86. The molecule has 0 aliphatic rings. The molecule has 0 radical (unpaired) electrons. The van der Waals surface area contributed by atoms with E-state index in [1.54, 1.807) is 24.4 Å². The Morgan fingerprint density at radius 2 is 1.90 bits per heavy atom. The lowest BCUT2D eigenvalue weighted by Crippen LogP contribution is -2.01. The lowest BCUT2D eigenvalue weighted by Gasteiger charge is -2.04. The van der Waals surface area contributed by atoms with Gasteiger partial charge in [-0.25, -0.2) is 0 Å². The van der Waals surface area contributed by atoms with Crippen LogP contribution in [0.15, 0.2) is 47.1 Å². The molecule has 20 heavy (non-hydrogen) atoms. The number of hydrogen-bond acceptors (Lipinski definition) is 1. The molecule has 0 saturated heterocycles. The van der Waals surface area contributed by atoms with E-state index in [1.165, 1.54) is 0 Å². The molecule has 5 heteroatoms. The summed E-state index contributed by atoms with van der Waals surface area (Å²) in [5.74, 6) is -0.147. The number of H-pyrrole nitrogens is 1. The van der Waals surface area contributed by atoms with Gasteiger partial charge in [0.15, 0.2) is 5.78 Å². The monoisotopic (exact) mass is 367 g/mol. The number of rotatable bonds is 2. The Morgan fingerprint density at radius 1 is 1.10 bits per heavy atom. The topological polar surface area (TPSA) is 32.9 Å². The zero-order chi connectivity index (χ0) is 14.3. The fourth-order valence-electron chi connectivity index (χ4n) is 2.11. The average molecular weight is 369 g/mol. The summed E-state index contributed by atoms with van der Waals surface area (Å²) in [5.41, 5.74) is 1.88. The predicted octanol–water partition coefficient (Wildman–Crippen LogP) is 5.47. The van der Waals surface area contributed by atoms with E-state index in [2.05, 4.69) is 20.9 Å². The van der Waals surface area contributed by atoms with Crippen LogP contribution in [0.25, 0.3) is 10.9 Å². The molecule has 0 atom stereocenters. The van der Waals surface area contributed by atoms with Crippen LogP contribution in [0.4, 0.5) is 0 Å². The van der Waals surface area contributed by atoms with Crippen LogP contribution >= 0.6 is 39.1 Å². The van der Waals surface area contributed by atoms with Crippen LogP contribution < -0.4 is 0 Å². The minimum atomic E-state index is -0.147. The number of aromatic amines is 1. The number of ketones is 1. The molecular weight excluding hydrogens is 361 g/mol.